The molecule has 0 heterocycles. The van der Waals surface area contributed by atoms with E-state index in [4.69, 9.17) is 16.3 Å². The molecule has 1 aliphatic rings. The van der Waals surface area contributed by atoms with E-state index >= 15 is 0 Å². The Morgan fingerprint density at radius 1 is 1.00 bits per heavy atom. The summed E-state index contributed by atoms with van der Waals surface area (Å²) < 4.78 is 5.15. The van der Waals surface area contributed by atoms with Crippen LogP contribution in [0, 0.1) is 0 Å². The molecule has 3 nitrogen and oxygen atoms in total. The van der Waals surface area contributed by atoms with Crippen molar-refractivity contribution in [2.24, 2.45) is 0 Å². The van der Waals surface area contributed by atoms with Crippen molar-refractivity contribution < 1.29 is 9.53 Å². The van der Waals surface area contributed by atoms with Gasteiger partial charge in [0.1, 0.15) is 5.75 Å². The third kappa shape index (κ3) is 4.20. The van der Waals surface area contributed by atoms with Crippen molar-refractivity contribution in [1.29, 1.82) is 0 Å². The maximum Gasteiger partial charge on any atom is 0.335 e. The first-order chi connectivity index (χ1) is 12.2. The number of hydrogen-bond donors (Lipinski definition) is 0. The van der Waals surface area contributed by atoms with E-state index in [1.807, 2.05) is 42.5 Å². The summed E-state index contributed by atoms with van der Waals surface area (Å²) in [5, 5.41) is 0.864. The van der Waals surface area contributed by atoms with Gasteiger partial charge in [0.25, 0.3) is 0 Å². The van der Waals surface area contributed by atoms with Gasteiger partial charge in [-0.1, -0.05) is 36.4 Å². The smallest absolute Gasteiger partial charge is 0.335 e. The predicted molar refractivity (Wildman–Crippen MR) is 102 cm³/mol. The van der Waals surface area contributed by atoms with Crippen LogP contribution in [0.15, 0.2) is 90.1 Å². The third-order valence-electron chi connectivity index (χ3n) is 3.86. The maximum atomic E-state index is 11.3. The minimum atomic E-state index is -0.470. The molecular formula is C21H18ClNO2. The largest absolute Gasteiger partial charge is 0.423 e. The molecule has 0 saturated carbocycles. The Bertz CT molecular complexity index is 823. The fraction of sp³-hybridized carbons (Fsp3) is 0.0952. The summed E-state index contributed by atoms with van der Waals surface area (Å²) >= 11 is 6.10. The summed E-state index contributed by atoms with van der Waals surface area (Å²) in [4.78, 5) is 13.5. The van der Waals surface area contributed by atoms with Gasteiger partial charge < -0.3 is 9.64 Å². The van der Waals surface area contributed by atoms with Crippen molar-refractivity contribution >= 4 is 28.9 Å². The van der Waals surface area contributed by atoms with Gasteiger partial charge in [-0.3, -0.25) is 0 Å². The molecule has 2 aromatic carbocycles. The fourth-order valence-corrected chi connectivity index (χ4v) is 2.82. The number of anilines is 2. The molecule has 2 aromatic rings. The molecule has 0 bridgehead atoms. The second-order valence-electron chi connectivity index (χ2n) is 5.56. The Hall–Kier alpha value is -2.78. The van der Waals surface area contributed by atoms with E-state index in [9.17, 15) is 4.79 Å². The maximum absolute atomic E-state index is 11.3. The lowest BCUT2D eigenvalue weighted by molar-refractivity contribution is -0.128. The molecule has 4 heteroatoms. The van der Waals surface area contributed by atoms with E-state index in [0.717, 1.165) is 41.0 Å². The van der Waals surface area contributed by atoms with Gasteiger partial charge in [0.2, 0.25) is 0 Å². The summed E-state index contributed by atoms with van der Waals surface area (Å²) in [7, 11) is 0. The lowest BCUT2D eigenvalue weighted by atomic mass is 10.1. The summed E-state index contributed by atoms with van der Waals surface area (Å²) in [5.74, 6) is 0.0182. The number of carbonyl (C=O) groups excluding carboxylic acids is 1. The summed E-state index contributed by atoms with van der Waals surface area (Å²) in [5.41, 5.74) is 3.21. The summed E-state index contributed by atoms with van der Waals surface area (Å²) in [6.45, 7) is 3.40. The van der Waals surface area contributed by atoms with Crippen LogP contribution in [0.1, 0.15) is 12.8 Å². The first-order valence-electron chi connectivity index (χ1n) is 8.02. The minimum Gasteiger partial charge on any atom is -0.423 e. The monoisotopic (exact) mass is 351 g/mol. The highest BCUT2D eigenvalue weighted by Gasteiger charge is 2.16. The number of hydrogen-bond acceptors (Lipinski definition) is 3. The Morgan fingerprint density at radius 3 is 2.28 bits per heavy atom. The number of nitrogens with zero attached hydrogens (tertiary/aromatic N) is 1. The van der Waals surface area contributed by atoms with Crippen LogP contribution in [0.5, 0.6) is 5.75 Å². The lowest BCUT2D eigenvalue weighted by Gasteiger charge is -2.29. The molecular weight excluding hydrogens is 334 g/mol. The highest BCUT2D eigenvalue weighted by Crippen LogP contribution is 2.35. The molecule has 0 radical (unpaired) electrons. The normalized spacial score (nSPS) is 13.5. The van der Waals surface area contributed by atoms with Gasteiger partial charge in [-0.15, -0.1) is 0 Å². The Balaban J connectivity index is 1.95. The fourth-order valence-electron chi connectivity index (χ4n) is 2.67. The van der Waals surface area contributed by atoms with E-state index < -0.39 is 5.97 Å². The van der Waals surface area contributed by atoms with E-state index in [2.05, 4.69) is 23.6 Å². The molecule has 0 aliphatic heterocycles. The van der Waals surface area contributed by atoms with Crippen molar-refractivity contribution in [2.45, 2.75) is 12.8 Å². The van der Waals surface area contributed by atoms with Gasteiger partial charge in [0.05, 0.1) is 0 Å². The number of allylic oxidation sites excluding steroid dienone is 4. The quantitative estimate of drug-likeness (QED) is 0.392. The lowest BCUT2D eigenvalue weighted by Crippen LogP contribution is -2.17. The highest BCUT2D eigenvalue weighted by molar-refractivity contribution is 6.29. The third-order valence-corrected chi connectivity index (χ3v) is 4.17. The van der Waals surface area contributed by atoms with Crippen molar-refractivity contribution in [2.75, 3.05) is 4.90 Å². The van der Waals surface area contributed by atoms with Crippen LogP contribution in [0.2, 0.25) is 0 Å². The van der Waals surface area contributed by atoms with Gasteiger partial charge in [-0.25, -0.2) is 4.79 Å². The van der Waals surface area contributed by atoms with Gasteiger partial charge >= 0.3 is 5.97 Å². The van der Waals surface area contributed by atoms with E-state index in [-0.39, 0.29) is 0 Å². The van der Waals surface area contributed by atoms with Crippen LogP contribution in [-0.4, -0.2) is 5.97 Å². The summed E-state index contributed by atoms with van der Waals surface area (Å²) in [6, 6.07) is 17.5. The molecule has 0 aromatic heterocycles. The van der Waals surface area contributed by atoms with Crippen LogP contribution in [0.4, 0.5) is 11.4 Å². The first kappa shape index (κ1) is 17.1. The number of rotatable bonds is 5. The van der Waals surface area contributed by atoms with E-state index in [0.29, 0.717) is 5.75 Å². The molecule has 0 amide bonds. The average Bonchev–Trinajstić information content (AvgIpc) is 2.66. The zero-order chi connectivity index (χ0) is 17.6. The Morgan fingerprint density at radius 2 is 1.68 bits per heavy atom. The minimum absolute atomic E-state index is 0.470. The summed E-state index contributed by atoms with van der Waals surface area (Å²) in [6.07, 6.45) is 6.82. The molecule has 25 heavy (non-hydrogen) atoms. The van der Waals surface area contributed by atoms with Crippen LogP contribution >= 0.6 is 11.6 Å². The molecule has 3 rings (SSSR count). The van der Waals surface area contributed by atoms with Gasteiger partial charge in [-0.05, 0) is 61.4 Å². The van der Waals surface area contributed by atoms with Crippen molar-refractivity contribution in [3.63, 3.8) is 0 Å². The van der Waals surface area contributed by atoms with Crippen LogP contribution in [-0.2, 0) is 4.79 Å². The van der Waals surface area contributed by atoms with Crippen LogP contribution in [0.3, 0.4) is 0 Å². The number of halogens is 1. The van der Waals surface area contributed by atoms with E-state index in [1.165, 1.54) is 0 Å². The molecule has 126 valence electrons. The second kappa shape index (κ2) is 7.86. The Kier molecular flexibility index (Phi) is 5.36. The van der Waals surface area contributed by atoms with Crippen molar-refractivity contribution in [3.8, 4) is 5.75 Å². The average molecular weight is 352 g/mol. The number of carbonyl (C=O) groups is 1. The second-order valence-corrected chi connectivity index (χ2v) is 6.05. The topological polar surface area (TPSA) is 29.5 Å². The molecule has 0 saturated heterocycles. The predicted octanol–water partition coefficient (Wildman–Crippen LogP) is 5.72. The number of ether oxygens (including phenoxy) is 1. The molecule has 1 aliphatic carbocycles. The SMILES string of the molecule is C=CC(=O)Oc1ccc(N(C2=CC=C(Cl)CC2)c2ccccc2)cc1. The zero-order valence-electron chi connectivity index (χ0n) is 13.7. The molecule has 0 spiro atoms. The molecule has 0 unspecified atom stereocenters. The van der Waals surface area contributed by atoms with E-state index in [1.54, 1.807) is 12.1 Å². The van der Waals surface area contributed by atoms with Gasteiger partial charge in [0.15, 0.2) is 0 Å². The van der Waals surface area contributed by atoms with Crippen LogP contribution < -0.4 is 9.64 Å². The molecule has 0 N–H and O–H groups in total. The van der Waals surface area contributed by atoms with Crippen LogP contribution in [0.25, 0.3) is 0 Å². The first-order valence-corrected chi connectivity index (χ1v) is 8.40. The molecule has 0 fully saturated rings. The van der Waals surface area contributed by atoms with Crippen molar-refractivity contribution in [3.05, 3.63) is 90.1 Å². The zero-order valence-corrected chi connectivity index (χ0v) is 14.4. The highest BCUT2D eigenvalue weighted by atomic mass is 35.5. The standard InChI is InChI=1S/C21H18ClNO2/c1-2-21(24)25-20-14-12-19(13-15-20)23(17-6-4-3-5-7-17)18-10-8-16(22)9-11-18/h2-8,10,12-15H,1,9,11H2. The van der Waals surface area contributed by atoms with Gasteiger partial charge in [-0.2, -0.15) is 0 Å². The van der Waals surface area contributed by atoms with Crippen molar-refractivity contribution in [1.82, 2.24) is 0 Å². The Labute approximate surface area is 152 Å². The number of esters is 1. The molecule has 0 atom stereocenters. The number of benzene rings is 2. The van der Waals surface area contributed by atoms with Gasteiger partial charge in [0, 0.05) is 28.2 Å². The number of para-hydroxylation sites is 1.